The lowest BCUT2D eigenvalue weighted by molar-refractivity contribution is 0.175. The zero-order chi connectivity index (χ0) is 11.7. The molecule has 0 aliphatic carbocycles. The van der Waals surface area contributed by atoms with Crippen molar-refractivity contribution in [2.24, 2.45) is 0 Å². The first-order valence-corrected chi connectivity index (χ1v) is 5.57. The maximum absolute atomic E-state index is 13.2. The van der Waals surface area contributed by atoms with Crippen molar-refractivity contribution >= 4 is 10.9 Å². The van der Waals surface area contributed by atoms with Crippen molar-refractivity contribution in [2.45, 2.75) is 32.9 Å². The number of aliphatic hydroxyl groups excluding tert-OH is 1. The fraction of sp³-hybridized carbons (Fsp3) is 0.385. The Morgan fingerprint density at radius 2 is 2.19 bits per heavy atom. The van der Waals surface area contributed by atoms with E-state index in [0.29, 0.717) is 6.54 Å². The van der Waals surface area contributed by atoms with Gasteiger partial charge in [0.1, 0.15) is 5.82 Å². The van der Waals surface area contributed by atoms with Crippen molar-refractivity contribution < 1.29 is 9.50 Å². The molecule has 1 aromatic carbocycles. The van der Waals surface area contributed by atoms with Gasteiger partial charge < -0.3 is 9.67 Å². The van der Waals surface area contributed by atoms with Crippen molar-refractivity contribution in [3.8, 4) is 0 Å². The van der Waals surface area contributed by atoms with E-state index < -0.39 is 6.10 Å². The Morgan fingerprint density at radius 1 is 1.44 bits per heavy atom. The Labute approximate surface area is 94.3 Å². The first-order chi connectivity index (χ1) is 7.61. The third-order valence-electron chi connectivity index (χ3n) is 2.77. The van der Waals surface area contributed by atoms with Gasteiger partial charge in [0.05, 0.1) is 6.10 Å². The van der Waals surface area contributed by atoms with Gasteiger partial charge in [0, 0.05) is 23.6 Å². The summed E-state index contributed by atoms with van der Waals surface area (Å²) in [5.41, 5.74) is 2.11. The second kappa shape index (κ2) is 4.26. The highest BCUT2D eigenvalue weighted by Crippen LogP contribution is 2.23. The van der Waals surface area contributed by atoms with Gasteiger partial charge in [-0.2, -0.15) is 0 Å². The molecule has 3 heteroatoms. The first-order valence-electron chi connectivity index (χ1n) is 5.57. The number of hydrogen-bond acceptors (Lipinski definition) is 1. The molecule has 0 saturated carbocycles. The molecule has 86 valence electrons. The lowest BCUT2D eigenvalue weighted by atomic mass is 10.1. The standard InChI is InChI=1S/C13H16FNO/c1-3-10-8-15(7-9(2)16)13-5-4-11(14)6-12(10)13/h4-6,8-9,16H,3,7H2,1-2H3/t9-/m1/s1. The highest BCUT2D eigenvalue weighted by molar-refractivity contribution is 5.84. The minimum atomic E-state index is -0.398. The predicted molar refractivity (Wildman–Crippen MR) is 63.0 cm³/mol. The quantitative estimate of drug-likeness (QED) is 0.847. The highest BCUT2D eigenvalue weighted by atomic mass is 19.1. The summed E-state index contributed by atoms with van der Waals surface area (Å²) in [6, 6.07) is 4.79. The van der Waals surface area contributed by atoms with Crippen LogP contribution < -0.4 is 0 Å². The van der Waals surface area contributed by atoms with Gasteiger partial charge in [0.2, 0.25) is 0 Å². The lowest BCUT2D eigenvalue weighted by Gasteiger charge is -2.07. The molecule has 0 aliphatic rings. The fourth-order valence-electron chi connectivity index (χ4n) is 2.06. The van der Waals surface area contributed by atoms with Crippen LogP contribution in [0.2, 0.25) is 0 Å². The van der Waals surface area contributed by atoms with Gasteiger partial charge in [0.15, 0.2) is 0 Å². The third-order valence-corrected chi connectivity index (χ3v) is 2.77. The van der Waals surface area contributed by atoms with Crippen LogP contribution in [-0.4, -0.2) is 15.8 Å². The molecule has 0 aliphatic heterocycles. The van der Waals surface area contributed by atoms with Crippen LogP contribution in [0.4, 0.5) is 4.39 Å². The van der Waals surface area contributed by atoms with E-state index in [0.717, 1.165) is 22.9 Å². The molecule has 0 spiro atoms. The summed E-state index contributed by atoms with van der Waals surface area (Å²) in [7, 11) is 0. The predicted octanol–water partition coefficient (Wildman–Crippen LogP) is 2.72. The monoisotopic (exact) mass is 221 g/mol. The number of halogens is 1. The van der Waals surface area contributed by atoms with Gasteiger partial charge in [-0.25, -0.2) is 4.39 Å². The van der Waals surface area contributed by atoms with Crippen LogP contribution in [0.3, 0.4) is 0 Å². The number of aryl methyl sites for hydroxylation is 1. The van der Waals surface area contributed by atoms with Gasteiger partial charge in [-0.3, -0.25) is 0 Å². The minimum Gasteiger partial charge on any atom is -0.392 e. The number of rotatable bonds is 3. The molecule has 2 nitrogen and oxygen atoms in total. The van der Waals surface area contributed by atoms with Crippen molar-refractivity contribution in [1.29, 1.82) is 0 Å². The number of aromatic nitrogens is 1. The number of fused-ring (bicyclic) bond motifs is 1. The molecule has 0 fully saturated rings. The summed E-state index contributed by atoms with van der Waals surface area (Å²) in [4.78, 5) is 0. The van der Waals surface area contributed by atoms with E-state index in [-0.39, 0.29) is 5.82 Å². The van der Waals surface area contributed by atoms with Crippen molar-refractivity contribution in [1.82, 2.24) is 4.57 Å². The van der Waals surface area contributed by atoms with Crippen molar-refractivity contribution in [3.05, 3.63) is 35.8 Å². The minimum absolute atomic E-state index is 0.211. The Bertz CT molecular complexity index is 502. The molecule has 1 aromatic heterocycles. The molecule has 2 aromatic rings. The second-order valence-electron chi connectivity index (χ2n) is 4.17. The van der Waals surface area contributed by atoms with Crippen LogP contribution in [-0.2, 0) is 13.0 Å². The SMILES string of the molecule is CCc1cn(C[C@@H](C)O)c2ccc(F)cc12. The number of hydrogen-bond donors (Lipinski definition) is 1. The highest BCUT2D eigenvalue weighted by Gasteiger charge is 2.09. The van der Waals surface area contributed by atoms with E-state index >= 15 is 0 Å². The second-order valence-corrected chi connectivity index (χ2v) is 4.17. The third kappa shape index (κ3) is 1.95. The Morgan fingerprint density at radius 3 is 2.81 bits per heavy atom. The Kier molecular flexibility index (Phi) is 2.97. The molecule has 0 radical (unpaired) electrons. The van der Waals surface area contributed by atoms with E-state index in [9.17, 15) is 9.50 Å². The molecule has 0 unspecified atom stereocenters. The maximum atomic E-state index is 13.2. The summed E-state index contributed by atoms with van der Waals surface area (Å²) >= 11 is 0. The normalized spacial score (nSPS) is 13.2. The zero-order valence-corrected chi connectivity index (χ0v) is 9.57. The summed E-state index contributed by atoms with van der Waals surface area (Å²) in [5.74, 6) is -0.211. The molecule has 0 bridgehead atoms. The van der Waals surface area contributed by atoms with E-state index in [1.54, 1.807) is 19.1 Å². The van der Waals surface area contributed by atoms with Gasteiger partial charge in [-0.1, -0.05) is 6.92 Å². The van der Waals surface area contributed by atoms with Crippen molar-refractivity contribution in [3.63, 3.8) is 0 Å². The van der Waals surface area contributed by atoms with E-state index in [4.69, 9.17) is 0 Å². The first kappa shape index (κ1) is 11.1. The zero-order valence-electron chi connectivity index (χ0n) is 9.57. The molecule has 1 N–H and O–H groups in total. The molecule has 0 amide bonds. The molecule has 16 heavy (non-hydrogen) atoms. The Balaban J connectivity index is 2.58. The molecule has 1 atom stereocenters. The number of aliphatic hydroxyl groups is 1. The molecule has 0 saturated heterocycles. The Hall–Kier alpha value is -1.35. The molecular formula is C13H16FNO. The van der Waals surface area contributed by atoms with Crippen molar-refractivity contribution in [2.75, 3.05) is 0 Å². The van der Waals surface area contributed by atoms with Crippen LogP contribution in [0.25, 0.3) is 10.9 Å². The fourth-order valence-corrected chi connectivity index (χ4v) is 2.06. The van der Waals surface area contributed by atoms with Gasteiger partial charge in [-0.15, -0.1) is 0 Å². The van der Waals surface area contributed by atoms with Crippen LogP contribution in [0.15, 0.2) is 24.4 Å². The summed E-state index contributed by atoms with van der Waals surface area (Å²) in [6.45, 7) is 4.34. The summed E-state index contributed by atoms with van der Waals surface area (Å²) in [6.07, 6.45) is 2.47. The van der Waals surface area contributed by atoms with E-state index in [1.807, 2.05) is 17.7 Å². The smallest absolute Gasteiger partial charge is 0.123 e. The van der Waals surface area contributed by atoms with Crippen LogP contribution in [0, 0.1) is 5.82 Å². The molecule has 2 rings (SSSR count). The largest absolute Gasteiger partial charge is 0.392 e. The van der Waals surface area contributed by atoms with Crippen LogP contribution in [0.1, 0.15) is 19.4 Å². The van der Waals surface area contributed by atoms with E-state index in [2.05, 4.69) is 0 Å². The van der Waals surface area contributed by atoms with Gasteiger partial charge in [0.25, 0.3) is 0 Å². The van der Waals surface area contributed by atoms with Crippen LogP contribution >= 0.6 is 0 Å². The lowest BCUT2D eigenvalue weighted by Crippen LogP contribution is -2.10. The van der Waals surface area contributed by atoms with E-state index in [1.165, 1.54) is 6.07 Å². The molecule has 1 heterocycles. The average molecular weight is 221 g/mol. The number of benzene rings is 1. The topological polar surface area (TPSA) is 25.2 Å². The maximum Gasteiger partial charge on any atom is 0.123 e. The van der Waals surface area contributed by atoms with Crippen LogP contribution in [0.5, 0.6) is 0 Å². The molecular weight excluding hydrogens is 205 g/mol. The average Bonchev–Trinajstić information content (AvgIpc) is 2.55. The van der Waals surface area contributed by atoms with Gasteiger partial charge in [-0.05, 0) is 37.1 Å². The summed E-state index contributed by atoms with van der Waals surface area (Å²) < 4.78 is 15.2. The summed E-state index contributed by atoms with van der Waals surface area (Å²) in [5, 5.41) is 10.4. The van der Waals surface area contributed by atoms with Gasteiger partial charge >= 0.3 is 0 Å². The number of nitrogens with zero attached hydrogens (tertiary/aromatic N) is 1.